The van der Waals surface area contributed by atoms with Crippen LogP contribution in [0.5, 0.6) is 0 Å². The third-order valence-corrected chi connectivity index (χ3v) is 13.3. The van der Waals surface area contributed by atoms with Crippen LogP contribution in [-0.4, -0.2) is 110 Å². The van der Waals surface area contributed by atoms with Gasteiger partial charge in [0.05, 0.1) is 37.9 Å². The fourth-order valence-corrected chi connectivity index (χ4v) is 10.6. The molecule has 0 aromatic rings. The molecule has 0 spiro atoms. The number of aliphatic hydroxyl groups is 1. The van der Waals surface area contributed by atoms with Gasteiger partial charge in [-0.25, -0.2) is 0 Å². The van der Waals surface area contributed by atoms with Gasteiger partial charge in [-0.1, -0.05) is 63.8 Å². The van der Waals surface area contributed by atoms with E-state index in [4.69, 9.17) is 18.9 Å². The maximum atomic E-state index is 14.3. The summed E-state index contributed by atoms with van der Waals surface area (Å²) in [7, 11) is 0. The molecule has 1 aliphatic heterocycles. The summed E-state index contributed by atoms with van der Waals surface area (Å²) < 4.78 is 24.4. The number of nitrogens with one attached hydrogen (secondary N) is 4. The summed E-state index contributed by atoms with van der Waals surface area (Å²) in [5.41, 5.74) is -1.49. The fourth-order valence-electron chi connectivity index (χ4n) is 10.6. The van der Waals surface area contributed by atoms with E-state index in [-0.39, 0.29) is 61.9 Å². The molecule has 314 valence electrons. The second kappa shape index (κ2) is 18.4. The predicted molar refractivity (Wildman–Crippen MR) is 206 cm³/mol. The second-order valence-electron chi connectivity index (χ2n) is 16.9. The zero-order chi connectivity index (χ0) is 40.8. The van der Waals surface area contributed by atoms with Crippen molar-refractivity contribution in [2.24, 2.45) is 28.6 Å². The van der Waals surface area contributed by atoms with E-state index in [9.17, 15) is 33.9 Å². The average molecular weight is 797 g/mol. The van der Waals surface area contributed by atoms with E-state index in [1.54, 1.807) is 12.2 Å². The third kappa shape index (κ3) is 9.12. The highest BCUT2D eigenvalue weighted by atomic mass is 16.7. The molecule has 5 N–H and O–H groups in total. The number of fused-ring (bicyclic) bond motifs is 7. The van der Waals surface area contributed by atoms with Crippen molar-refractivity contribution in [2.75, 3.05) is 39.6 Å². The van der Waals surface area contributed by atoms with Gasteiger partial charge in [-0.05, 0) is 75.4 Å². The Kier molecular flexibility index (Phi) is 13.9. The van der Waals surface area contributed by atoms with Crippen LogP contribution in [0.15, 0.2) is 36.0 Å². The first kappa shape index (κ1) is 42.8. The lowest BCUT2D eigenvalue weighted by atomic mass is 9.46. The number of Topliss-reactive ketones (excluding diaryl/α,β-unsaturated/α-hetero) is 1. The summed E-state index contributed by atoms with van der Waals surface area (Å²) >= 11 is 0. The molecule has 0 aromatic heterocycles. The van der Waals surface area contributed by atoms with Crippen LogP contribution in [-0.2, 0) is 47.7 Å². The Hall–Kier alpha value is -3.76. The molecule has 0 bridgehead atoms. The Labute approximate surface area is 334 Å². The van der Waals surface area contributed by atoms with Crippen molar-refractivity contribution in [3.05, 3.63) is 36.0 Å². The number of carbonyl (C=O) groups is 6. The Morgan fingerprint density at radius 2 is 1.65 bits per heavy atom. The van der Waals surface area contributed by atoms with Gasteiger partial charge in [-0.3, -0.25) is 28.8 Å². The Morgan fingerprint density at radius 3 is 2.39 bits per heavy atom. The first-order chi connectivity index (χ1) is 27.3. The van der Waals surface area contributed by atoms with Crippen molar-refractivity contribution < 1.29 is 52.8 Å². The highest BCUT2D eigenvalue weighted by Gasteiger charge is 2.75. The smallest absolute Gasteiger partial charge is 0.246 e. The highest BCUT2D eigenvalue weighted by molar-refractivity contribution is 6.01. The quantitative estimate of drug-likeness (QED) is 0.0869. The van der Waals surface area contributed by atoms with E-state index >= 15 is 0 Å². The molecular weight excluding hydrogens is 736 g/mol. The van der Waals surface area contributed by atoms with E-state index in [0.29, 0.717) is 19.3 Å². The van der Waals surface area contributed by atoms with Crippen LogP contribution in [0.3, 0.4) is 0 Å². The molecule has 0 radical (unpaired) electrons. The van der Waals surface area contributed by atoms with Crippen molar-refractivity contribution in [1.29, 1.82) is 0 Å². The molecule has 57 heavy (non-hydrogen) atoms. The Morgan fingerprint density at radius 1 is 0.930 bits per heavy atom. The van der Waals surface area contributed by atoms with E-state index in [1.165, 1.54) is 0 Å². The van der Waals surface area contributed by atoms with Gasteiger partial charge in [-0.15, -0.1) is 0 Å². The molecule has 10 atom stereocenters. The summed E-state index contributed by atoms with van der Waals surface area (Å²) in [6.07, 6.45) is 16.4. The molecule has 0 aromatic carbocycles. The maximum Gasteiger partial charge on any atom is 0.246 e. The molecule has 3 saturated carbocycles. The first-order valence-corrected chi connectivity index (χ1v) is 20.7. The van der Waals surface area contributed by atoms with Crippen LogP contribution in [0.4, 0.5) is 0 Å². The van der Waals surface area contributed by atoms with Crippen molar-refractivity contribution in [2.45, 2.75) is 122 Å². The largest absolute Gasteiger partial charge is 0.393 e. The number of ketones is 2. The molecule has 1 saturated heterocycles. The highest BCUT2D eigenvalue weighted by Crippen LogP contribution is 2.69. The van der Waals surface area contributed by atoms with Gasteiger partial charge in [0.1, 0.15) is 19.9 Å². The van der Waals surface area contributed by atoms with Crippen molar-refractivity contribution in [1.82, 2.24) is 21.3 Å². The number of ether oxygens (including phenoxy) is 4. The summed E-state index contributed by atoms with van der Waals surface area (Å²) in [6, 6.07) is 0. The number of hydrogen-bond donors (Lipinski definition) is 5. The summed E-state index contributed by atoms with van der Waals surface area (Å²) in [5, 5.41) is 21.7. The minimum Gasteiger partial charge on any atom is -0.393 e. The minimum atomic E-state index is -1.34. The maximum absolute atomic E-state index is 14.3. The van der Waals surface area contributed by atoms with Crippen LogP contribution >= 0.6 is 0 Å². The van der Waals surface area contributed by atoms with Gasteiger partial charge in [-0.2, -0.15) is 0 Å². The lowest BCUT2D eigenvalue weighted by Crippen LogP contribution is -2.63. The van der Waals surface area contributed by atoms with Gasteiger partial charge in [0.25, 0.3) is 0 Å². The van der Waals surface area contributed by atoms with E-state index < -0.39 is 71.6 Å². The lowest BCUT2D eigenvalue weighted by molar-refractivity contribution is -0.201. The van der Waals surface area contributed by atoms with Crippen LogP contribution in [0.25, 0.3) is 0 Å². The zero-order valence-corrected chi connectivity index (χ0v) is 33.5. The zero-order valence-electron chi connectivity index (χ0n) is 33.5. The topological polar surface area (TPSA) is 208 Å². The number of amides is 4. The second-order valence-corrected chi connectivity index (χ2v) is 16.9. The molecule has 3 unspecified atom stereocenters. The predicted octanol–water partition coefficient (Wildman–Crippen LogP) is 2.07. The summed E-state index contributed by atoms with van der Waals surface area (Å²) in [4.78, 5) is 75.6. The number of hydrogen-bond acceptors (Lipinski definition) is 11. The van der Waals surface area contributed by atoms with Gasteiger partial charge in [0.2, 0.25) is 23.6 Å². The minimum absolute atomic E-state index is 0.0245. The van der Waals surface area contributed by atoms with Gasteiger partial charge in [0.15, 0.2) is 23.5 Å². The molecule has 15 nitrogen and oxygen atoms in total. The normalized spacial score (nSPS) is 35.9. The molecular formula is C42H60N4O11. The van der Waals surface area contributed by atoms with Crippen molar-refractivity contribution >= 4 is 35.2 Å². The average Bonchev–Trinajstić information content (AvgIpc) is 3.65. The van der Waals surface area contributed by atoms with Gasteiger partial charge >= 0.3 is 0 Å². The molecule has 6 aliphatic rings. The number of rotatable bonds is 16. The van der Waals surface area contributed by atoms with Crippen LogP contribution in [0.1, 0.15) is 91.4 Å². The Balaban J connectivity index is 0.937. The standard InChI is InChI=1S/C42H60N4O11/c1-4-10-38-56-33-18-30-29-14-13-26-17-27(47)15-16-40(26,2)39(29)31(48)19-41(30,3)42(33,57-38)32(49)23-54-25-46-36(52)22-44-34(50)20-43-35(51)21-45-37(53)24-55-28-11-8-6-5-7-9-12-28/h8,11,15-17,28-31,33,38-39,48H,4-7,9-10,12-14,18-25H2,1-3H3,(H,43,51)(H,44,50)(H,45,53)(H,46,52)/b11-8-/t28?,29-,30-,31-,33+,38?,39?,40-,41-,42+/m0/s1. The summed E-state index contributed by atoms with van der Waals surface area (Å²) in [6.45, 7) is 4.21. The SMILES string of the molecule is CCCC1O[C@@H]2C[C@H]3[C@@H]4CCC5=CC(=O)C=C[C@]5(C)C4[C@@H](O)C[C@]3(C)[C@]2(C(=O)COCNC(=O)CNC(=O)CNC(=O)CNC(=O)COC2/C=C\CCCCC2)O1. The number of allylic oxidation sites excluding steroid dienone is 5. The van der Waals surface area contributed by atoms with Crippen LogP contribution < -0.4 is 21.3 Å². The van der Waals surface area contributed by atoms with Crippen molar-refractivity contribution in [3.63, 3.8) is 0 Å². The Bertz CT molecular complexity index is 1650. The number of aliphatic hydroxyl groups excluding tert-OH is 1. The lowest BCUT2D eigenvalue weighted by Gasteiger charge is -2.59. The van der Waals surface area contributed by atoms with Crippen LogP contribution in [0, 0.1) is 28.6 Å². The summed E-state index contributed by atoms with van der Waals surface area (Å²) in [5.74, 6) is -2.53. The fraction of sp³-hybridized carbons (Fsp3) is 0.714. The van der Waals surface area contributed by atoms with Gasteiger partial charge < -0.3 is 45.3 Å². The van der Waals surface area contributed by atoms with Gasteiger partial charge in [0, 0.05) is 16.7 Å². The van der Waals surface area contributed by atoms with E-state index in [2.05, 4.69) is 34.3 Å². The van der Waals surface area contributed by atoms with Crippen molar-refractivity contribution in [3.8, 4) is 0 Å². The molecule has 5 aliphatic carbocycles. The number of carbonyl (C=O) groups excluding carboxylic acids is 6. The first-order valence-electron chi connectivity index (χ1n) is 20.7. The van der Waals surface area contributed by atoms with E-state index in [1.807, 2.05) is 26.0 Å². The molecule has 4 amide bonds. The molecule has 1 heterocycles. The third-order valence-electron chi connectivity index (χ3n) is 13.3. The molecule has 6 rings (SSSR count). The molecule has 15 heteroatoms. The van der Waals surface area contributed by atoms with E-state index in [0.717, 1.165) is 56.9 Å². The molecule has 4 fully saturated rings. The van der Waals surface area contributed by atoms with Crippen LogP contribution in [0.2, 0.25) is 0 Å². The monoisotopic (exact) mass is 796 g/mol.